The Kier molecular flexibility index (Phi) is 4.00. The highest BCUT2D eigenvalue weighted by Crippen LogP contribution is 2.37. The Bertz CT molecular complexity index is 740. The highest BCUT2D eigenvalue weighted by Gasteiger charge is 2.47. The van der Waals surface area contributed by atoms with E-state index in [2.05, 4.69) is 10.6 Å². The highest BCUT2D eigenvalue weighted by molar-refractivity contribution is 7.80. The summed E-state index contributed by atoms with van der Waals surface area (Å²) >= 11 is 23.0. The summed E-state index contributed by atoms with van der Waals surface area (Å²) in [5.74, 6) is 0. The molecule has 24 heavy (non-hydrogen) atoms. The molecule has 0 bridgehead atoms. The van der Waals surface area contributed by atoms with Gasteiger partial charge in [0.1, 0.15) is 12.3 Å². The number of halogens is 2. The van der Waals surface area contributed by atoms with E-state index in [9.17, 15) is 0 Å². The van der Waals surface area contributed by atoms with E-state index in [4.69, 9.17) is 47.6 Å². The molecule has 0 aromatic heterocycles. The topological polar surface area (TPSA) is 30.5 Å². The molecule has 4 rings (SSSR count). The van der Waals surface area contributed by atoms with Crippen LogP contribution in [0.3, 0.4) is 0 Å². The van der Waals surface area contributed by atoms with Crippen molar-refractivity contribution in [1.29, 1.82) is 0 Å². The number of thiocarbonyl (C=S) groups is 2. The molecule has 2 aliphatic heterocycles. The number of rotatable bonds is 2. The Balaban J connectivity index is 1.68. The van der Waals surface area contributed by atoms with Crippen LogP contribution in [0.25, 0.3) is 0 Å². The first-order chi connectivity index (χ1) is 11.5. The van der Waals surface area contributed by atoms with E-state index in [1.165, 1.54) is 0 Å². The van der Waals surface area contributed by atoms with E-state index in [0.717, 1.165) is 11.1 Å². The summed E-state index contributed by atoms with van der Waals surface area (Å²) in [5.41, 5.74) is 2.07. The molecule has 0 saturated carbocycles. The molecule has 2 aliphatic rings. The van der Waals surface area contributed by atoms with Crippen molar-refractivity contribution < 1.29 is 0 Å². The Labute approximate surface area is 160 Å². The van der Waals surface area contributed by atoms with Crippen LogP contribution in [0.15, 0.2) is 48.5 Å². The van der Waals surface area contributed by atoms with E-state index in [-0.39, 0.29) is 12.3 Å². The molecule has 2 heterocycles. The van der Waals surface area contributed by atoms with Gasteiger partial charge in [0, 0.05) is 10.0 Å². The summed E-state index contributed by atoms with van der Waals surface area (Å²) in [6, 6.07) is 15.3. The number of hydrogen-bond acceptors (Lipinski definition) is 2. The summed E-state index contributed by atoms with van der Waals surface area (Å²) in [4.78, 5) is 0. The minimum Gasteiger partial charge on any atom is -0.336 e. The molecule has 0 spiro atoms. The minimum absolute atomic E-state index is 0.160. The Morgan fingerprint density at radius 1 is 0.667 bits per heavy atom. The number of hydrogen-bond donors (Lipinski definition) is 2. The van der Waals surface area contributed by atoms with Crippen LogP contribution in [0.5, 0.6) is 0 Å². The lowest BCUT2D eigenvalue weighted by Crippen LogP contribution is -2.36. The molecule has 0 unspecified atom stereocenters. The zero-order valence-corrected chi connectivity index (χ0v) is 15.4. The average molecular weight is 395 g/mol. The van der Waals surface area contributed by atoms with Crippen LogP contribution in [0.2, 0.25) is 10.0 Å². The first-order valence-electron chi connectivity index (χ1n) is 7.25. The van der Waals surface area contributed by atoms with Gasteiger partial charge in [-0.15, -0.1) is 0 Å². The summed E-state index contributed by atoms with van der Waals surface area (Å²) in [5, 5.41) is 13.2. The number of fused-ring (bicyclic) bond motifs is 1. The van der Waals surface area contributed by atoms with Gasteiger partial charge in [0.15, 0.2) is 10.2 Å². The molecule has 2 aromatic carbocycles. The molecule has 0 aliphatic carbocycles. The van der Waals surface area contributed by atoms with Gasteiger partial charge in [-0.1, -0.05) is 47.5 Å². The van der Waals surface area contributed by atoms with Crippen molar-refractivity contribution in [2.75, 3.05) is 0 Å². The molecule has 2 saturated heterocycles. The first kappa shape index (κ1) is 15.9. The van der Waals surface area contributed by atoms with Crippen LogP contribution in [0.4, 0.5) is 0 Å². The van der Waals surface area contributed by atoms with E-state index in [0.29, 0.717) is 20.3 Å². The van der Waals surface area contributed by atoms with Gasteiger partial charge in [0.2, 0.25) is 0 Å². The predicted molar refractivity (Wildman–Crippen MR) is 104 cm³/mol. The van der Waals surface area contributed by atoms with E-state index >= 15 is 0 Å². The molecule has 0 radical (unpaired) electrons. The molecule has 4 nitrogen and oxygen atoms in total. The van der Waals surface area contributed by atoms with Crippen LogP contribution in [-0.2, 0) is 0 Å². The zero-order chi connectivity index (χ0) is 16.8. The molecular formula is C16H12Cl2N4S2. The smallest absolute Gasteiger partial charge is 0.192 e. The normalized spacial score (nSPS) is 22.4. The summed E-state index contributed by atoms with van der Waals surface area (Å²) in [6.45, 7) is 0. The van der Waals surface area contributed by atoms with Gasteiger partial charge in [-0.3, -0.25) is 0 Å². The lowest BCUT2D eigenvalue weighted by Gasteiger charge is -2.26. The van der Waals surface area contributed by atoms with Gasteiger partial charge >= 0.3 is 0 Å². The van der Waals surface area contributed by atoms with Crippen molar-refractivity contribution in [1.82, 2.24) is 20.7 Å². The van der Waals surface area contributed by atoms with Gasteiger partial charge in [-0.05, 0) is 59.8 Å². The van der Waals surface area contributed by atoms with Crippen LogP contribution in [0.1, 0.15) is 23.5 Å². The quantitative estimate of drug-likeness (QED) is 0.748. The van der Waals surface area contributed by atoms with Crippen molar-refractivity contribution in [3.05, 3.63) is 69.7 Å². The molecule has 8 heteroatoms. The lowest BCUT2D eigenvalue weighted by atomic mass is 10.2. The van der Waals surface area contributed by atoms with E-state index in [1.54, 1.807) is 0 Å². The van der Waals surface area contributed by atoms with E-state index in [1.807, 2.05) is 58.5 Å². The van der Waals surface area contributed by atoms with Gasteiger partial charge in [0.25, 0.3) is 0 Å². The van der Waals surface area contributed by atoms with Gasteiger partial charge in [-0.2, -0.15) is 0 Å². The fourth-order valence-electron chi connectivity index (χ4n) is 2.91. The standard InChI is InChI=1S/C16H12Cl2N4S2/c17-11-5-1-9(2-6-11)13-19-15(23)22-14(20-16(24)21(13)22)10-3-7-12(18)8-4-10/h1-8,13-14H,(H,19,23)(H,20,24)/t13-,14-/m0/s1. The third-order valence-electron chi connectivity index (χ3n) is 4.03. The fraction of sp³-hybridized carbons (Fsp3) is 0.125. The Morgan fingerprint density at radius 2 is 1.00 bits per heavy atom. The monoisotopic (exact) mass is 394 g/mol. The predicted octanol–water partition coefficient (Wildman–Crippen LogP) is 3.99. The van der Waals surface area contributed by atoms with Crippen LogP contribution >= 0.6 is 47.6 Å². The average Bonchev–Trinajstić information content (AvgIpc) is 3.08. The van der Waals surface area contributed by atoms with E-state index < -0.39 is 0 Å². The molecule has 2 N–H and O–H groups in total. The Hall–Kier alpha value is -1.60. The molecule has 2 fully saturated rings. The third kappa shape index (κ3) is 2.59. The summed E-state index contributed by atoms with van der Waals surface area (Å²) < 4.78 is 0. The second kappa shape index (κ2) is 6.04. The number of nitrogens with zero attached hydrogens (tertiary/aromatic N) is 2. The molecular weight excluding hydrogens is 383 g/mol. The maximum atomic E-state index is 5.98. The fourth-order valence-corrected chi connectivity index (χ4v) is 3.77. The maximum absolute atomic E-state index is 5.98. The summed E-state index contributed by atoms with van der Waals surface area (Å²) in [6.07, 6.45) is -0.320. The zero-order valence-electron chi connectivity index (χ0n) is 12.2. The van der Waals surface area contributed by atoms with Gasteiger partial charge in [0.05, 0.1) is 0 Å². The third-order valence-corrected chi connectivity index (χ3v) is 5.14. The Morgan fingerprint density at radius 3 is 1.33 bits per heavy atom. The maximum Gasteiger partial charge on any atom is 0.192 e. The lowest BCUT2D eigenvalue weighted by molar-refractivity contribution is 0.114. The molecule has 2 aromatic rings. The number of benzene rings is 2. The van der Waals surface area contributed by atoms with Crippen molar-refractivity contribution in [2.45, 2.75) is 12.3 Å². The van der Waals surface area contributed by atoms with Crippen molar-refractivity contribution in [3.8, 4) is 0 Å². The number of nitrogens with one attached hydrogen (secondary N) is 2. The van der Waals surface area contributed by atoms with Gasteiger partial charge < -0.3 is 10.6 Å². The minimum atomic E-state index is -0.160. The van der Waals surface area contributed by atoms with Crippen LogP contribution in [0, 0.1) is 0 Å². The molecule has 122 valence electrons. The second-order valence-electron chi connectivity index (χ2n) is 5.50. The van der Waals surface area contributed by atoms with Crippen molar-refractivity contribution >= 4 is 57.9 Å². The first-order valence-corrected chi connectivity index (χ1v) is 8.82. The molecule has 0 amide bonds. The SMILES string of the molecule is S=C1N[C@H](c2ccc(Cl)cc2)N2C(=S)N[C@H](c3ccc(Cl)cc3)N12. The van der Waals surface area contributed by atoms with Crippen molar-refractivity contribution in [3.63, 3.8) is 0 Å². The largest absolute Gasteiger partial charge is 0.336 e. The summed E-state index contributed by atoms with van der Waals surface area (Å²) in [7, 11) is 0. The molecule has 2 atom stereocenters. The second-order valence-corrected chi connectivity index (χ2v) is 7.14. The van der Waals surface area contributed by atoms with Crippen molar-refractivity contribution in [2.24, 2.45) is 0 Å². The van der Waals surface area contributed by atoms with Crippen LogP contribution in [-0.4, -0.2) is 20.2 Å². The highest BCUT2D eigenvalue weighted by atomic mass is 35.5. The van der Waals surface area contributed by atoms with Gasteiger partial charge in [-0.25, -0.2) is 10.0 Å². The van der Waals surface area contributed by atoms with Crippen LogP contribution < -0.4 is 10.6 Å². The number of hydrazine groups is 1.